The van der Waals surface area contributed by atoms with E-state index in [1.165, 1.54) is 0 Å². The fourth-order valence-electron chi connectivity index (χ4n) is 12.6. The van der Waals surface area contributed by atoms with Gasteiger partial charge in [-0.25, -0.2) is 4.98 Å². The molecule has 0 aliphatic carbocycles. The molecule has 12 aromatic carbocycles. The molecule has 1 aliphatic heterocycles. The number of ether oxygens (including phenoxy) is 1. The number of aromatic nitrogens is 4. The van der Waals surface area contributed by atoms with Gasteiger partial charge in [0.25, 0.3) is 6.33 Å². The lowest BCUT2D eigenvalue weighted by Gasteiger charge is -2.22. The second kappa shape index (κ2) is 20.9. The van der Waals surface area contributed by atoms with Crippen molar-refractivity contribution >= 4 is 32.8 Å². The SMILES string of the molecule is [2H]c1c([2H])c([2H])c(-c2ccc3c(c2)c2ccc(Oc4cccc(-n5[c-][n+]6c7c(cccc75)-c5ccccc5-c5cccc(-c7c([2H])c([2H])c([2H])c([2H])c7[2H])c5-c5cccc(-c7cc(-c8ccccc8)cc(-c8ccccc8)c7)c5-6)c4)cc2n3-c2cc(C(C)(C)C)ccn2)c([2H])c1[2H]. The molecule has 5 nitrogen and oxygen atoms in total. The predicted molar refractivity (Wildman–Crippen MR) is 358 cm³/mol. The van der Waals surface area contributed by atoms with Crippen LogP contribution in [0.5, 0.6) is 11.5 Å². The maximum absolute atomic E-state index is 9.50. The van der Waals surface area contributed by atoms with Crippen LogP contribution in [-0.4, -0.2) is 14.1 Å². The van der Waals surface area contributed by atoms with E-state index in [1.54, 1.807) is 6.07 Å². The molecule has 0 spiro atoms. The lowest BCUT2D eigenvalue weighted by atomic mass is 9.83. The highest BCUT2D eigenvalue weighted by Crippen LogP contribution is 2.49. The summed E-state index contributed by atoms with van der Waals surface area (Å²) in [6.45, 7) is 6.47. The molecule has 87 heavy (non-hydrogen) atoms. The second-order valence-corrected chi connectivity index (χ2v) is 22.9. The summed E-state index contributed by atoms with van der Waals surface area (Å²) >= 11 is 0. The first-order valence-corrected chi connectivity index (χ1v) is 29.0. The average Bonchev–Trinajstić information content (AvgIpc) is 1.61. The van der Waals surface area contributed by atoms with Crippen molar-refractivity contribution in [1.29, 1.82) is 0 Å². The van der Waals surface area contributed by atoms with Crippen LogP contribution in [-0.2, 0) is 5.41 Å². The Kier molecular flexibility index (Phi) is 10.0. The molecule has 15 aromatic rings. The summed E-state index contributed by atoms with van der Waals surface area (Å²) in [6, 6.07) is 73.6. The van der Waals surface area contributed by atoms with Crippen molar-refractivity contribution in [2.24, 2.45) is 0 Å². The smallest absolute Gasteiger partial charge is 0.269 e. The third kappa shape index (κ3) is 9.02. The number of rotatable bonds is 9. The zero-order valence-corrected chi connectivity index (χ0v) is 47.7. The average molecular weight is 1130 g/mol. The van der Waals surface area contributed by atoms with E-state index in [4.69, 9.17) is 20.7 Å². The number of nitrogens with zero attached hydrogens (tertiary/aromatic N) is 4. The molecule has 0 atom stereocenters. The number of para-hydroxylation sites is 2. The maximum Gasteiger partial charge on any atom is 0.269 e. The van der Waals surface area contributed by atoms with Gasteiger partial charge in [0, 0.05) is 23.0 Å². The van der Waals surface area contributed by atoms with Crippen molar-refractivity contribution in [3.8, 4) is 118 Å². The van der Waals surface area contributed by atoms with E-state index in [0.29, 0.717) is 34.0 Å². The Morgan fingerprint density at radius 1 is 0.414 bits per heavy atom. The highest BCUT2D eigenvalue weighted by Gasteiger charge is 2.29. The second-order valence-electron chi connectivity index (χ2n) is 22.9. The molecule has 0 saturated heterocycles. The predicted octanol–water partition coefficient (Wildman–Crippen LogP) is 20.9. The van der Waals surface area contributed by atoms with Crippen LogP contribution in [0.3, 0.4) is 0 Å². The Balaban J connectivity index is 0.917. The zero-order chi connectivity index (χ0) is 66.9. The summed E-state index contributed by atoms with van der Waals surface area (Å²) in [6.07, 6.45) is 5.74. The number of pyridine rings is 1. The standard InChI is InChI=1S/C82H58N4O/c1-82(2,3)62-44-45-83-78(50-62)86-75-43-40-58(54-22-8-4-9-23-54)49-74(75)70-42-41-65(52-77(70)86)87-64-31-18-30-63(51-64)84-53-85-80-67(61-47-59(55-24-10-5-11-25-55)46-60(48-61)56-26-12-6-13-27-56)35-20-38-73(80)79-66(57-28-14-7-15-29-57)34-19-36-71(79)68-32-16-17-33-69(68)72-37-21-39-76(84)81(72)85/h4-52H,1-3H3/i4D,7D,8D,9D,14D,15D,22D,23D,28D,29D. The topological polar surface area (TPSA) is 35.9 Å². The fraction of sp³-hybridized carbons (Fsp3) is 0.0488. The third-order valence-electron chi connectivity index (χ3n) is 16.7. The van der Waals surface area contributed by atoms with Gasteiger partial charge in [-0.05, 0) is 173 Å². The van der Waals surface area contributed by atoms with Crippen LogP contribution < -0.4 is 9.30 Å². The van der Waals surface area contributed by atoms with Gasteiger partial charge in [0.05, 0.1) is 47.1 Å². The van der Waals surface area contributed by atoms with Gasteiger partial charge in [0.1, 0.15) is 17.3 Å². The number of benzene rings is 12. The maximum atomic E-state index is 9.50. The van der Waals surface area contributed by atoms with Gasteiger partial charge in [-0.2, -0.15) is 0 Å². The number of imidazole rings is 1. The molecule has 1 aliphatic rings. The van der Waals surface area contributed by atoms with Crippen LogP contribution in [0.2, 0.25) is 0 Å². The van der Waals surface area contributed by atoms with Crippen LogP contribution in [0.1, 0.15) is 40.0 Å². The Labute approximate surface area is 520 Å². The van der Waals surface area contributed by atoms with E-state index >= 15 is 0 Å². The van der Waals surface area contributed by atoms with Crippen molar-refractivity contribution in [2.45, 2.75) is 26.2 Å². The Morgan fingerprint density at radius 3 is 1.76 bits per heavy atom. The monoisotopic (exact) mass is 1120 g/mol. The first kappa shape index (κ1) is 41.8. The highest BCUT2D eigenvalue weighted by atomic mass is 16.5. The van der Waals surface area contributed by atoms with Gasteiger partial charge >= 0.3 is 0 Å². The molecular weight excluding hydrogens is 1060 g/mol. The van der Waals surface area contributed by atoms with Crippen LogP contribution in [0.25, 0.3) is 139 Å². The van der Waals surface area contributed by atoms with Gasteiger partial charge in [0.15, 0.2) is 0 Å². The summed E-state index contributed by atoms with van der Waals surface area (Å²) in [5, 5.41) is 1.63. The molecule has 0 N–H and O–H groups in total. The van der Waals surface area contributed by atoms with Gasteiger partial charge < -0.3 is 4.74 Å². The van der Waals surface area contributed by atoms with Gasteiger partial charge in [-0.3, -0.25) is 13.7 Å². The molecule has 3 aromatic heterocycles. The molecule has 0 amide bonds. The molecule has 0 unspecified atom stereocenters. The van der Waals surface area contributed by atoms with Crippen molar-refractivity contribution in [2.75, 3.05) is 0 Å². The normalized spacial score (nSPS) is 13.5. The van der Waals surface area contributed by atoms with Crippen molar-refractivity contribution < 1.29 is 23.0 Å². The van der Waals surface area contributed by atoms with E-state index in [1.807, 2.05) is 134 Å². The lowest BCUT2D eigenvalue weighted by molar-refractivity contribution is -0.570. The van der Waals surface area contributed by atoms with Gasteiger partial charge in [0.2, 0.25) is 0 Å². The first-order valence-electron chi connectivity index (χ1n) is 34.0. The van der Waals surface area contributed by atoms with Crippen molar-refractivity contribution in [3.63, 3.8) is 0 Å². The van der Waals surface area contributed by atoms with E-state index in [2.05, 4.69) is 138 Å². The third-order valence-corrected chi connectivity index (χ3v) is 16.7. The Bertz CT molecular complexity index is 5680. The minimum atomic E-state index is -0.470. The summed E-state index contributed by atoms with van der Waals surface area (Å²) in [5.74, 6) is 1.74. The van der Waals surface area contributed by atoms with Crippen molar-refractivity contribution in [1.82, 2.24) is 14.1 Å². The molecule has 0 saturated carbocycles. The summed E-state index contributed by atoms with van der Waals surface area (Å²) in [5.41, 5.74) is 17.6. The minimum absolute atomic E-state index is 0.0904. The summed E-state index contributed by atoms with van der Waals surface area (Å²) in [4.78, 5) is 4.93. The van der Waals surface area contributed by atoms with Gasteiger partial charge in [-0.15, -0.1) is 0 Å². The van der Waals surface area contributed by atoms with E-state index in [-0.39, 0.29) is 40.7 Å². The molecule has 16 rings (SSSR count). The molecule has 412 valence electrons. The Morgan fingerprint density at radius 2 is 1.02 bits per heavy atom. The number of hydrogen-bond acceptors (Lipinski definition) is 2. The quantitative estimate of drug-likeness (QED) is 0.107. The van der Waals surface area contributed by atoms with E-state index in [9.17, 15) is 2.74 Å². The molecule has 0 bridgehead atoms. The van der Waals surface area contributed by atoms with Crippen LogP contribution in [0.15, 0.2) is 297 Å². The van der Waals surface area contributed by atoms with E-state index in [0.717, 1.165) is 111 Å². The largest absolute Gasteiger partial charge is 0.458 e. The zero-order valence-electron chi connectivity index (χ0n) is 57.7. The highest BCUT2D eigenvalue weighted by molar-refractivity contribution is 6.11. The van der Waals surface area contributed by atoms with Crippen LogP contribution in [0, 0.1) is 6.33 Å². The number of hydrogen-bond donors (Lipinski definition) is 0. The lowest BCUT2D eigenvalue weighted by Crippen LogP contribution is -2.32. The molecule has 4 heterocycles. The van der Waals surface area contributed by atoms with Crippen LogP contribution in [0.4, 0.5) is 0 Å². The fourth-order valence-corrected chi connectivity index (χ4v) is 12.6. The van der Waals surface area contributed by atoms with Gasteiger partial charge in [-0.1, -0.05) is 233 Å². The molecule has 0 fully saturated rings. The molecule has 5 heteroatoms. The summed E-state index contributed by atoms with van der Waals surface area (Å²) < 4.78 is 102. The molecular formula is C82H58N4O. The Hall–Kier alpha value is -11.1. The number of fused-ring (bicyclic) bond motifs is 10. The first-order chi connectivity index (χ1) is 46.9. The van der Waals surface area contributed by atoms with Crippen molar-refractivity contribution in [3.05, 3.63) is 309 Å². The van der Waals surface area contributed by atoms with Crippen LogP contribution >= 0.6 is 0 Å². The minimum Gasteiger partial charge on any atom is -0.458 e. The summed E-state index contributed by atoms with van der Waals surface area (Å²) in [7, 11) is 0. The van der Waals surface area contributed by atoms with E-state index < -0.39 is 36.3 Å². The molecule has 0 radical (unpaired) electrons.